The molecule has 0 radical (unpaired) electrons. The van der Waals surface area contributed by atoms with E-state index in [0.29, 0.717) is 31.5 Å². The molecule has 0 bridgehead atoms. The van der Waals surface area contributed by atoms with Gasteiger partial charge in [-0.05, 0) is 69.7 Å². The average molecular weight is 502 g/mol. The number of carbonyl (C=O) groups is 4. The molecule has 1 aromatic rings. The van der Waals surface area contributed by atoms with Gasteiger partial charge in [-0.1, -0.05) is 31.1 Å². The molecular weight excluding hydrogens is 462 g/mol. The predicted octanol–water partition coefficient (Wildman–Crippen LogP) is 4.93. The van der Waals surface area contributed by atoms with Crippen molar-refractivity contribution in [2.24, 2.45) is 22.4 Å². The Morgan fingerprint density at radius 2 is 1.67 bits per heavy atom. The molecule has 0 saturated carbocycles. The number of ether oxygens (including phenoxy) is 1. The Hall–Kier alpha value is -3.39. The van der Waals surface area contributed by atoms with Gasteiger partial charge in [0, 0.05) is 35.9 Å². The zero-order chi connectivity index (χ0) is 27.3. The summed E-state index contributed by atoms with van der Waals surface area (Å²) >= 11 is 0. The molecule has 198 valence electrons. The minimum absolute atomic E-state index is 0.0323. The lowest BCUT2D eigenvalue weighted by atomic mass is 9.88. The van der Waals surface area contributed by atoms with Crippen molar-refractivity contribution in [2.45, 2.75) is 79.9 Å². The molecule has 2 amide bonds. The van der Waals surface area contributed by atoms with Crippen molar-refractivity contribution in [3.05, 3.63) is 40.3 Å². The van der Waals surface area contributed by atoms with Gasteiger partial charge in [0.1, 0.15) is 18.4 Å². The van der Waals surface area contributed by atoms with E-state index in [4.69, 9.17) is 10.3 Å². The maximum absolute atomic E-state index is 12.8. The zero-order valence-corrected chi connectivity index (χ0v) is 22.2. The molecule has 0 aromatic heterocycles. The Morgan fingerprint density at radius 3 is 2.22 bits per heavy atom. The first-order chi connectivity index (χ1) is 16.8. The van der Waals surface area contributed by atoms with Crippen LogP contribution in [0.4, 0.5) is 5.69 Å². The predicted molar refractivity (Wildman–Crippen MR) is 138 cm³/mol. The van der Waals surface area contributed by atoms with E-state index in [1.54, 1.807) is 52.0 Å². The van der Waals surface area contributed by atoms with Crippen LogP contribution >= 0.6 is 0 Å². The minimum atomic E-state index is -0.801. The Balaban J connectivity index is 2.58. The number of hydrogen-bond donors (Lipinski definition) is 2. The van der Waals surface area contributed by atoms with Crippen molar-refractivity contribution >= 4 is 29.3 Å². The van der Waals surface area contributed by atoms with Crippen molar-refractivity contribution < 1.29 is 23.9 Å². The molecular formula is C26H39N5O5. The minimum Gasteiger partial charge on any atom is -0.460 e. The summed E-state index contributed by atoms with van der Waals surface area (Å²) in [5.74, 6) is -1.67. The first-order valence-electron chi connectivity index (χ1n) is 12.2. The highest BCUT2D eigenvalue weighted by Gasteiger charge is 2.27. The molecule has 0 aliphatic heterocycles. The number of anilines is 1. The summed E-state index contributed by atoms with van der Waals surface area (Å²) in [6, 6.07) is 6.10. The number of esters is 1. The molecule has 1 aromatic carbocycles. The van der Waals surface area contributed by atoms with Crippen molar-refractivity contribution in [2.75, 3.05) is 11.9 Å². The molecule has 0 aliphatic carbocycles. The summed E-state index contributed by atoms with van der Waals surface area (Å²) < 4.78 is 5.29. The molecule has 0 heterocycles. The highest BCUT2D eigenvalue weighted by atomic mass is 16.5. The maximum Gasteiger partial charge on any atom is 0.311 e. The molecule has 2 N–H and O–H groups in total. The molecule has 2 atom stereocenters. The smallest absolute Gasteiger partial charge is 0.311 e. The van der Waals surface area contributed by atoms with Gasteiger partial charge in [0.25, 0.3) is 0 Å². The summed E-state index contributed by atoms with van der Waals surface area (Å²) in [7, 11) is 0. The first kappa shape index (κ1) is 30.6. The number of nitrogens with zero attached hydrogens (tertiary/aromatic N) is 3. The topological polar surface area (TPSA) is 150 Å². The largest absolute Gasteiger partial charge is 0.460 e. The lowest BCUT2D eigenvalue weighted by molar-refractivity contribution is -0.154. The third-order valence-corrected chi connectivity index (χ3v) is 5.57. The second-order valence-corrected chi connectivity index (χ2v) is 10.2. The molecule has 1 rings (SSSR count). The normalized spacial score (nSPS) is 12.8. The summed E-state index contributed by atoms with van der Waals surface area (Å²) in [6.45, 7) is 11.2. The lowest BCUT2D eigenvalue weighted by Gasteiger charge is -2.22. The van der Waals surface area contributed by atoms with Gasteiger partial charge in [0.15, 0.2) is 0 Å². The van der Waals surface area contributed by atoms with Crippen molar-refractivity contribution in [1.29, 1.82) is 0 Å². The second-order valence-electron chi connectivity index (χ2n) is 10.2. The van der Waals surface area contributed by atoms with Crippen LogP contribution < -0.4 is 10.6 Å². The Labute approximate surface area is 213 Å². The number of hydrogen-bond acceptors (Lipinski definition) is 6. The van der Waals surface area contributed by atoms with Gasteiger partial charge in [-0.3, -0.25) is 19.2 Å². The number of nitrogens with one attached hydrogen (secondary N) is 2. The van der Waals surface area contributed by atoms with Gasteiger partial charge in [0.05, 0.1) is 5.41 Å². The summed E-state index contributed by atoms with van der Waals surface area (Å²) in [4.78, 5) is 52.3. The fraction of sp³-hybridized carbons (Fsp3) is 0.615. The van der Waals surface area contributed by atoms with Crippen LogP contribution in [0.15, 0.2) is 29.4 Å². The number of azide groups is 1. The van der Waals surface area contributed by atoms with E-state index >= 15 is 0 Å². The highest BCUT2D eigenvalue weighted by molar-refractivity contribution is 5.97. The number of unbranched alkanes of at least 4 members (excludes halogenated alkanes) is 1. The first-order valence-corrected chi connectivity index (χ1v) is 12.2. The second kappa shape index (κ2) is 14.9. The van der Waals surface area contributed by atoms with Crippen LogP contribution in [0.5, 0.6) is 0 Å². The van der Waals surface area contributed by atoms with Crippen LogP contribution in [0, 0.1) is 17.3 Å². The third-order valence-electron chi connectivity index (χ3n) is 5.57. The molecule has 10 heteroatoms. The van der Waals surface area contributed by atoms with Gasteiger partial charge < -0.3 is 15.4 Å². The lowest BCUT2D eigenvalue weighted by Crippen LogP contribution is -2.45. The molecule has 10 nitrogen and oxygen atoms in total. The maximum atomic E-state index is 12.8. The molecule has 0 aliphatic rings. The van der Waals surface area contributed by atoms with E-state index in [1.807, 2.05) is 13.8 Å². The number of Topliss-reactive ketones (excluding diaryl/α,β-unsaturated/α-hetero) is 1. The SMILES string of the molecule is CC(C)[C@H](CC(=O)CCCCN=[N+]=[N-])C(=O)N[C@@H](C)C(=O)Nc1ccc(COC(=O)C(C)(C)C)cc1. The average Bonchev–Trinajstić information content (AvgIpc) is 2.80. The third kappa shape index (κ3) is 11.4. The van der Waals surface area contributed by atoms with E-state index in [9.17, 15) is 19.2 Å². The van der Waals surface area contributed by atoms with Gasteiger partial charge in [-0.25, -0.2) is 0 Å². The van der Waals surface area contributed by atoms with E-state index < -0.39 is 17.4 Å². The molecule has 0 unspecified atom stereocenters. The van der Waals surface area contributed by atoms with Crippen LogP contribution in [0.25, 0.3) is 10.4 Å². The standard InChI is InChI=1S/C26H39N5O5/c1-17(2)22(15-21(32)9-7-8-14-28-31-27)24(34)29-18(3)23(33)30-20-12-10-19(11-13-20)16-36-25(35)26(4,5)6/h10-13,17-18,22H,7-9,14-16H2,1-6H3,(H,29,34)(H,30,33)/t18-,22-/m0/s1. The summed E-state index contributed by atoms with van der Waals surface area (Å²) in [5.41, 5.74) is 9.03. The van der Waals surface area contributed by atoms with Crippen LogP contribution in [-0.2, 0) is 30.5 Å². The molecule has 0 spiro atoms. The van der Waals surface area contributed by atoms with Crippen LogP contribution in [0.1, 0.15) is 72.8 Å². The van der Waals surface area contributed by atoms with Crippen molar-refractivity contribution in [3.63, 3.8) is 0 Å². The fourth-order valence-electron chi connectivity index (χ4n) is 3.21. The quantitative estimate of drug-likeness (QED) is 0.122. The zero-order valence-electron chi connectivity index (χ0n) is 22.2. The van der Waals surface area contributed by atoms with E-state index in [2.05, 4.69) is 20.7 Å². The van der Waals surface area contributed by atoms with Gasteiger partial charge >= 0.3 is 5.97 Å². The van der Waals surface area contributed by atoms with Gasteiger partial charge in [-0.15, -0.1) is 0 Å². The number of benzene rings is 1. The van der Waals surface area contributed by atoms with Crippen molar-refractivity contribution in [3.8, 4) is 0 Å². The molecule has 0 saturated heterocycles. The monoisotopic (exact) mass is 501 g/mol. The van der Waals surface area contributed by atoms with E-state index in [0.717, 1.165) is 5.56 Å². The highest BCUT2D eigenvalue weighted by Crippen LogP contribution is 2.19. The molecule has 0 fully saturated rings. The fourth-order valence-corrected chi connectivity index (χ4v) is 3.21. The van der Waals surface area contributed by atoms with Crippen LogP contribution in [0.2, 0.25) is 0 Å². The van der Waals surface area contributed by atoms with Gasteiger partial charge in [0.2, 0.25) is 11.8 Å². The number of rotatable bonds is 14. The van der Waals surface area contributed by atoms with Crippen LogP contribution in [0.3, 0.4) is 0 Å². The van der Waals surface area contributed by atoms with Gasteiger partial charge in [-0.2, -0.15) is 0 Å². The number of carbonyl (C=O) groups excluding carboxylic acids is 4. The number of amides is 2. The van der Waals surface area contributed by atoms with E-state index in [-0.39, 0.29) is 42.5 Å². The summed E-state index contributed by atoms with van der Waals surface area (Å²) in [5, 5.41) is 8.91. The van der Waals surface area contributed by atoms with Crippen LogP contribution in [-0.4, -0.2) is 36.2 Å². The Kier molecular flexibility index (Phi) is 12.7. The Morgan fingerprint density at radius 1 is 1.03 bits per heavy atom. The Bertz CT molecular complexity index is 946. The van der Waals surface area contributed by atoms with Crippen molar-refractivity contribution in [1.82, 2.24) is 5.32 Å². The summed E-state index contributed by atoms with van der Waals surface area (Å²) in [6.07, 6.45) is 1.63. The number of ketones is 1. The van der Waals surface area contributed by atoms with E-state index in [1.165, 1.54) is 0 Å². The molecule has 36 heavy (non-hydrogen) atoms.